The van der Waals surface area contributed by atoms with Gasteiger partial charge in [-0.05, 0) is 31.0 Å². The first kappa shape index (κ1) is 13.8. The summed E-state index contributed by atoms with van der Waals surface area (Å²) in [4.78, 5) is 12.4. The Bertz CT molecular complexity index is 653. The van der Waals surface area contributed by atoms with E-state index in [0.717, 1.165) is 18.5 Å². The number of hydrogen-bond acceptors (Lipinski definition) is 5. The van der Waals surface area contributed by atoms with Crippen LogP contribution in [0.5, 0.6) is 0 Å². The molecule has 1 amide bonds. The lowest BCUT2D eigenvalue weighted by molar-refractivity contribution is -0.118. The van der Waals surface area contributed by atoms with Crippen molar-refractivity contribution in [3.63, 3.8) is 0 Å². The van der Waals surface area contributed by atoms with Gasteiger partial charge >= 0.3 is 0 Å². The molecule has 6 heteroatoms. The molecule has 0 bridgehead atoms. The molecule has 1 aliphatic heterocycles. The van der Waals surface area contributed by atoms with Crippen molar-refractivity contribution >= 4 is 11.6 Å². The average molecular weight is 286 g/mol. The highest BCUT2D eigenvalue weighted by Gasteiger charge is 2.29. The fourth-order valence-corrected chi connectivity index (χ4v) is 2.58. The van der Waals surface area contributed by atoms with Crippen LogP contribution in [0.1, 0.15) is 19.2 Å². The van der Waals surface area contributed by atoms with Crippen molar-refractivity contribution < 1.29 is 9.21 Å². The maximum absolute atomic E-state index is 12.4. The fraction of sp³-hybridized carbons (Fsp3) is 0.400. The molecule has 2 unspecified atom stereocenters. The van der Waals surface area contributed by atoms with Gasteiger partial charge in [0, 0.05) is 6.92 Å². The van der Waals surface area contributed by atoms with E-state index in [1.54, 1.807) is 6.92 Å². The standard InChI is InChI=1S/C15H18N4O2/c1-9-7-8-16-13(9)14(20)17-12-6-4-3-5-11(12)15-19-18-10(2)21-15/h3-6,9,13,16H,7-8H2,1-2H3,(H,17,20). The number of carbonyl (C=O) groups is 1. The van der Waals surface area contributed by atoms with E-state index < -0.39 is 0 Å². The summed E-state index contributed by atoms with van der Waals surface area (Å²) in [5.74, 6) is 1.22. The molecular formula is C15H18N4O2. The number of nitrogens with zero attached hydrogens (tertiary/aromatic N) is 2. The van der Waals surface area contributed by atoms with Gasteiger partial charge in [0.2, 0.25) is 17.7 Å². The highest BCUT2D eigenvalue weighted by atomic mass is 16.4. The lowest BCUT2D eigenvalue weighted by Crippen LogP contribution is -2.39. The summed E-state index contributed by atoms with van der Waals surface area (Å²) in [6, 6.07) is 7.29. The molecule has 2 aromatic rings. The Kier molecular flexibility index (Phi) is 3.70. The molecule has 1 aromatic heterocycles. The maximum atomic E-state index is 12.4. The van der Waals surface area contributed by atoms with Crippen LogP contribution in [0.2, 0.25) is 0 Å². The van der Waals surface area contributed by atoms with E-state index in [2.05, 4.69) is 27.8 Å². The molecule has 0 radical (unpaired) electrons. The Balaban J connectivity index is 1.84. The van der Waals surface area contributed by atoms with Gasteiger partial charge in [-0.2, -0.15) is 0 Å². The molecule has 6 nitrogen and oxygen atoms in total. The van der Waals surface area contributed by atoms with Crippen LogP contribution in [0.3, 0.4) is 0 Å². The molecule has 2 atom stereocenters. The SMILES string of the molecule is Cc1nnc(-c2ccccc2NC(=O)C2NCCC2C)o1. The Hall–Kier alpha value is -2.21. The monoisotopic (exact) mass is 286 g/mol. The number of para-hydroxylation sites is 1. The molecule has 1 aliphatic rings. The molecule has 1 saturated heterocycles. The van der Waals surface area contributed by atoms with Crippen LogP contribution in [-0.2, 0) is 4.79 Å². The van der Waals surface area contributed by atoms with Crippen LogP contribution in [-0.4, -0.2) is 28.7 Å². The van der Waals surface area contributed by atoms with Gasteiger partial charge in [-0.15, -0.1) is 10.2 Å². The van der Waals surface area contributed by atoms with Crippen molar-refractivity contribution in [2.75, 3.05) is 11.9 Å². The molecule has 0 saturated carbocycles. The van der Waals surface area contributed by atoms with E-state index in [-0.39, 0.29) is 11.9 Å². The highest BCUT2D eigenvalue weighted by Crippen LogP contribution is 2.27. The second kappa shape index (κ2) is 5.65. The molecule has 21 heavy (non-hydrogen) atoms. The summed E-state index contributed by atoms with van der Waals surface area (Å²) in [5, 5.41) is 14.0. The molecule has 0 aliphatic carbocycles. The third-order valence-corrected chi connectivity index (χ3v) is 3.76. The van der Waals surface area contributed by atoms with Crippen LogP contribution in [0.4, 0.5) is 5.69 Å². The van der Waals surface area contributed by atoms with Gasteiger partial charge in [0.15, 0.2) is 0 Å². The summed E-state index contributed by atoms with van der Waals surface area (Å²) in [5.41, 5.74) is 1.42. The first-order chi connectivity index (χ1) is 10.1. The summed E-state index contributed by atoms with van der Waals surface area (Å²) in [6.45, 7) is 4.70. The van der Waals surface area contributed by atoms with Crippen molar-refractivity contribution in [1.82, 2.24) is 15.5 Å². The van der Waals surface area contributed by atoms with Crippen molar-refractivity contribution in [3.8, 4) is 11.5 Å². The van der Waals surface area contributed by atoms with Crippen molar-refractivity contribution in [1.29, 1.82) is 0 Å². The zero-order valence-corrected chi connectivity index (χ0v) is 12.1. The molecule has 1 aromatic carbocycles. The van der Waals surface area contributed by atoms with Crippen LogP contribution in [0, 0.1) is 12.8 Å². The minimum absolute atomic E-state index is 0.0244. The second-order valence-corrected chi connectivity index (χ2v) is 5.36. The zero-order valence-electron chi connectivity index (χ0n) is 12.1. The van der Waals surface area contributed by atoms with Gasteiger partial charge in [-0.3, -0.25) is 4.79 Å². The Morgan fingerprint density at radius 1 is 1.38 bits per heavy atom. The molecule has 2 heterocycles. The minimum atomic E-state index is -0.150. The van der Waals surface area contributed by atoms with E-state index in [4.69, 9.17) is 4.42 Å². The van der Waals surface area contributed by atoms with Gasteiger partial charge in [-0.1, -0.05) is 19.1 Å². The Morgan fingerprint density at radius 3 is 2.86 bits per heavy atom. The zero-order chi connectivity index (χ0) is 14.8. The number of carbonyl (C=O) groups excluding carboxylic acids is 1. The summed E-state index contributed by atoms with van der Waals surface area (Å²) in [6.07, 6.45) is 1.02. The van der Waals surface area contributed by atoms with Crippen LogP contribution in [0.25, 0.3) is 11.5 Å². The molecule has 0 spiro atoms. The molecule has 110 valence electrons. The third kappa shape index (κ3) is 2.80. The molecular weight excluding hydrogens is 268 g/mol. The minimum Gasteiger partial charge on any atom is -0.421 e. The number of hydrogen-bond donors (Lipinski definition) is 2. The molecule has 2 N–H and O–H groups in total. The summed E-state index contributed by atoms with van der Waals surface area (Å²) >= 11 is 0. The van der Waals surface area contributed by atoms with Gasteiger partial charge in [0.25, 0.3) is 0 Å². The van der Waals surface area contributed by atoms with Crippen LogP contribution in [0.15, 0.2) is 28.7 Å². The van der Waals surface area contributed by atoms with E-state index in [1.165, 1.54) is 0 Å². The van der Waals surface area contributed by atoms with Gasteiger partial charge in [-0.25, -0.2) is 0 Å². The lowest BCUT2D eigenvalue weighted by Gasteiger charge is -2.16. The normalized spacial score (nSPS) is 21.4. The van der Waals surface area contributed by atoms with Crippen molar-refractivity contribution in [3.05, 3.63) is 30.2 Å². The average Bonchev–Trinajstić information content (AvgIpc) is 3.08. The number of anilines is 1. The smallest absolute Gasteiger partial charge is 0.249 e. The third-order valence-electron chi connectivity index (χ3n) is 3.76. The van der Waals surface area contributed by atoms with Gasteiger partial charge in [0.05, 0.1) is 17.3 Å². The largest absolute Gasteiger partial charge is 0.421 e. The van der Waals surface area contributed by atoms with E-state index in [1.807, 2.05) is 24.3 Å². The predicted molar refractivity (Wildman–Crippen MR) is 78.7 cm³/mol. The maximum Gasteiger partial charge on any atom is 0.249 e. The molecule has 3 rings (SSSR count). The summed E-state index contributed by atoms with van der Waals surface area (Å²) < 4.78 is 5.45. The quantitative estimate of drug-likeness (QED) is 0.902. The fourth-order valence-electron chi connectivity index (χ4n) is 2.58. The highest BCUT2D eigenvalue weighted by molar-refractivity contribution is 5.98. The number of rotatable bonds is 3. The van der Waals surface area contributed by atoms with Crippen LogP contribution >= 0.6 is 0 Å². The second-order valence-electron chi connectivity index (χ2n) is 5.36. The van der Waals surface area contributed by atoms with E-state index in [9.17, 15) is 4.79 Å². The number of aryl methyl sites for hydroxylation is 1. The molecule has 1 fully saturated rings. The lowest BCUT2D eigenvalue weighted by atomic mass is 10.0. The van der Waals surface area contributed by atoms with Crippen molar-refractivity contribution in [2.24, 2.45) is 5.92 Å². The summed E-state index contributed by atoms with van der Waals surface area (Å²) in [7, 11) is 0. The van der Waals surface area contributed by atoms with Crippen LogP contribution < -0.4 is 10.6 Å². The Morgan fingerprint density at radius 2 is 2.19 bits per heavy atom. The Labute approximate surface area is 123 Å². The first-order valence-electron chi connectivity index (χ1n) is 7.09. The van der Waals surface area contributed by atoms with Gasteiger partial charge < -0.3 is 15.1 Å². The van der Waals surface area contributed by atoms with Gasteiger partial charge in [0.1, 0.15) is 0 Å². The predicted octanol–water partition coefficient (Wildman–Crippen LogP) is 1.98. The number of aromatic nitrogens is 2. The van der Waals surface area contributed by atoms with Crippen molar-refractivity contribution in [2.45, 2.75) is 26.3 Å². The van der Waals surface area contributed by atoms with E-state index >= 15 is 0 Å². The first-order valence-corrected chi connectivity index (χ1v) is 7.09. The number of benzene rings is 1. The topological polar surface area (TPSA) is 80.0 Å². The van der Waals surface area contributed by atoms with E-state index in [0.29, 0.717) is 23.4 Å². The number of nitrogens with one attached hydrogen (secondary N) is 2. The number of amides is 1.